The van der Waals surface area contributed by atoms with Crippen molar-refractivity contribution in [1.82, 2.24) is 0 Å². The minimum absolute atomic E-state index is 0.186. The molecule has 0 aromatic heterocycles. The molecule has 0 amide bonds. The van der Waals surface area contributed by atoms with Crippen LogP contribution < -0.4 is 9.80 Å². The van der Waals surface area contributed by atoms with Crippen LogP contribution in [0.15, 0.2) is 59.7 Å². The highest BCUT2D eigenvalue weighted by Gasteiger charge is 2.28. The number of esters is 2. The highest BCUT2D eigenvalue weighted by molar-refractivity contribution is 6.35. The summed E-state index contributed by atoms with van der Waals surface area (Å²) in [6.45, 7) is 4.34. The van der Waals surface area contributed by atoms with Crippen LogP contribution >= 0.6 is 0 Å². The molecule has 38 heavy (non-hydrogen) atoms. The lowest BCUT2D eigenvalue weighted by Gasteiger charge is -2.14. The van der Waals surface area contributed by atoms with Crippen molar-refractivity contribution in [3.8, 4) is 0 Å². The van der Waals surface area contributed by atoms with Crippen LogP contribution in [0, 0.1) is 0 Å². The van der Waals surface area contributed by atoms with Crippen molar-refractivity contribution in [3.63, 3.8) is 0 Å². The average Bonchev–Trinajstić information content (AvgIpc) is 2.90. The van der Waals surface area contributed by atoms with Gasteiger partial charge in [-0.3, -0.25) is 4.79 Å². The Morgan fingerprint density at radius 2 is 0.974 bits per heavy atom. The zero-order valence-corrected chi connectivity index (χ0v) is 23.5. The third-order valence-electron chi connectivity index (χ3n) is 5.83. The molecule has 0 radical (unpaired) electrons. The number of rotatable bonds is 14. The average molecular weight is 521 g/mol. The van der Waals surface area contributed by atoms with Gasteiger partial charge in [0, 0.05) is 39.6 Å². The SMILES string of the molecule is CCCCOC(=O)C(=Cc1ccc(N(C)C)cc1)C(=O)C(=Cc1ccc(N(C)C)cc1)C(=O)OCCCC. The molecular formula is C31H40N2O5. The van der Waals surface area contributed by atoms with Gasteiger partial charge in [0.15, 0.2) is 0 Å². The molecule has 0 spiro atoms. The topological polar surface area (TPSA) is 76.2 Å². The van der Waals surface area contributed by atoms with Gasteiger partial charge in [0.05, 0.1) is 13.2 Å². The van der Waals surface area contributed by atoms with E-state index in [1.807, 2.05) is 100 Å². The molecule has 0 saturated heterocycles. The van der Waals surface area contributed by atoms with Crippen molar-refractivity contribution in [2.24, 2.45) is 0 Å². The number of Topliss-reactive ketones (excluding diaryl/α,β-unsaturated/α-hetero) is 1. The van der Waals surface area contributed by atoms with Crippen molar-refractivity contribution < 1.29 is 23.9 Å². The van der Waals surface area contributed by atoms with Crippen molar-refractivity contribution in [2.75, 3.05) is 51.2 Å². The smallest absolute Gasteiger partial charge is 0.342 e. The number of carbonyl (C=O) groups excluding carboxylic acids is 3. The van der Waals surface area contributed by atoms with Gasteiger partial charge in [-0.1, -0.05) is 51.0 Å². The molecule has 7 heteroatoms. The van der Waals surface area contributed by atoms with Gasteiger partial charge in [-0.2, -0.15) is 0 Å². The Bertz CT molecular complexity index is 1040. The van der Waals surface area contributed by atoms with Gasteiger partial charge >= 0.3 is 11.9 Å². The first-order valence-electron chi connectivity index (χ1n) is 13.0. The standard InChI is InChI=1S/C31H40N2O5/c1-7-9-19-37-30(35)27(21-23-11-15-25(16-12-23)32(3)4)29(34)28(31(36)38-20-10-8-2)22-24-13-17-26(18-14-24)33(5)6/h11-18,21-22H,7-10,19-20H2,1-6H3. The van der Waals surface area contributed by atoms with Gasteiger partial charge in [0.2, 0.25) is 5.78 Å². The van der Waals surface area contributed by atoms with E-state index in [1.165, 1.54) is 12.2 Å². The lowest BCUT2D eigenvalue weighted by atomic mass is 9.98. The van der Waals surface area contributed by atoms with Gasteiger partial charge in [0.25, 0.3) is 0 Å². The van der Waals surface area contributed by atoms with Crippen LogP contribution in [0.25, 0.3) is 12.2 Å². The Kier molecular flexibility index (Phi) is 12.3. The van der Waals surface area contributed by atoms with E-state index in [1.54, 1.807) is 0 Å². The predicted molar refractivity (Wildman–Crippen MR) is 154 cm³/mol. The number of ketones is 1. The highest BCUT2D eigenvalue weighted by Crippen LogP contribution is 2.21. The predicted octanol–water partition coefficient (Wildman–Crippen LogP) is 5.54. The van der Waals surface area contributed by atoms with Gasteiger partial charge in [0.1, 0.15) is 11.1 Å². The third-order valence-corrected chi connectivity index (χ3v) is 5.83. The maximum absolute atomic E-state index is 13.8. The molecule has 0 unspecified atom stereocenters. The molecule has 7 nitrogen and oxygen atoms in total. The van der Waals surface area contributed by atoms with Crippen molar-refractivity contribution in [2.45, 2.75) is 39.5 Å². The molecule has 0 saturated carbocycles. The summed E-state index contributed by atoms with van der Waals surface area (Å²) >= 11 is 0. The third kappa shape index (κ3) is 9.21. The summed E-state index contributed by atoms with van der Waals surface area (Å²) in [5, 5.41) is 0. The number of anilines is 2. The second kappa shape index (κ2) is 15.4. The molecule has 2 rings (SSSR count). The van der Waals surface area contributed by atoms with Crippen LogP contribution in [0.4, 0.5) is 11.4 Å². The zero-order valence-electron chi connectivity index (χ0n) is 23.5. The van der Waals surface area contributed by atoms with E-state index in [0.717, 1.165) is 24.2 Å². The van der Waals surface area contributed by atoms with E-state index in [2.05, 4.69) is 0 Å². The van der Waals surface area contributed by atoms with E-state index >= 15 is 0 Å². The molecule has 2 aromatic rings. The highest BCUT2D eigenvalue weighted by atomic mass is 16.5. The molecule has 0 heterocycles. The quantitative estimate of drug-likeness (QED) is 0.106. The number of hydrogen-bond donors (Lipinski definition) is 0. The Morgan fingerprint density at radius 1 is 0.632 bits per heavy atom. The monoisotopic (exact) mass is 520 g/mol. The zero-order chi connectivity index (χ0) is 28.1. The Labute approximate surface area is 226 Å². The Hall–Kier alpha value is -3.87. The van der Waals surface area contributed by atoms with Gasteiger partial charge in [-0.05, 0) is 60.4 Å². The van der Waals surface area contributed by atoms with E-state index in [0.29, 0.717) is 24.0 Å². The maximum Gasteiger partial charge on any atom is 0.342 e. The summed E-state index contributed by atoms with van der Waals surface area (Å²) in [6, 6.07) is 14.8. The van der Waals surface area contributed by atoms with Gasteiger partial charge in [-0.15, -0.1) is 0 Å². The van der Waals surface area contributed by atoms with E-state index in [-0.39, 0.29) is 24.4 Å². The fourth-order valence-corrected chi connectivity index (χ4v) is 3.42. The van der Waals surface area contributed by atoms with Gasteiger partial charge in [-0.25, -0.2) is 9.59 Å². The molecule has 0 atom stereocenters. The molecule has 0 N–H and O–H groups in total. The molecule has 0 fully saturated rings. The number of ether oxygens (including phenoxy) is 2. The number of benzene rings is 2. The summed E-state index contributed by atoms with van der Waals surface area (Å²) in [4.78, 5) is 43.9. The van der Waals surface area contributed by atoms with Crippen LogP contribution in [0.1, 0.15) is 50.7 Å². The second-order valence-electron chi connectivity index (χ2n) is 9.40. The summed E-state index contributed by atoms with van der Waals surface area (Å²) in [7, 11) is 7.71. The molecular weight excluding hydrogens is 480 g/mol. The van der Waals surface area contributed by atoms with Crippen LogP contribution in [0.5, 0.6) is 0 Å². The number of hydrogen-bond acceptors (Lipinski definition) is 7. The molecule has 204 valence electrons. The summed E-state index contributed by atoms with van der Waals surface area (Å²) in [5.41, 5.74) is 2.79. The molecule has 2 aromatic carbocycles. The lowest BCUT2D eigenvalue weighted by Crippen LogP contribution is -2.23. The molecule has 0 aliphatic rings. The molecule has 0 bridgehead atoms. The molecule has 0 aliphatic carbocycles. The minimum Gasteiger partial charge on any atom is -0.462 e. The largest absolute Gasteiger partial charge is 0.462 e. The summed E-state index contributed by atoms with van der Waals surface area (Å²) in [5.74, 6) is -2.27. The fraction of sp³-hybridized carbons (Fsp3) is 0.387. The van der Waals surface area contributed by atoms with E-state index in [9.17, 15) is 14.4 Å². The number of nitrogens with zero attached hydrogens (tertiary/aromatic N) is 2. The van der Waals surface area contributed by atoms with Crippen LogP contribution in [-0.4, -0.2) is 59.1 Å². The first-order chi connectivity index (χ1) is 18.2. The second-order valence-corrected chi connectivity index (χ2v) is 9.40. The summed E-state index contributed by atoms with van der Waals surface area (Å²) in [6.07, 6.45) is 5.96. The van der Waals surface area contributed by atoms with Crippen molar-refractivity contribution in [1.29, 1.82) is 0 Å². The van der Waals surface area contributed by atoms with Gasteiger partial charge < -0.3 is 19.3 Å². The van der Waals surface area contributed by atoms with E-state index < -0.39 is 17.7 Å². The van der Waals surface area contributed by atoms with Crippen LogP contribution in [0.2, 0.25) is 0 Å². The Balaban J connectivity index is 2.54. The lowest BCUT2D eigenvalue weighted by molar-refractivity contribution is -0.141. The van der Waals surface area contributed by atoms with Crippen molar-refractivity contribution >= 4 is 41.2 Å². The molecule has 0 aliphatic heterocycles. The first-order valence-corrected chi connectivity index (χ1v) is 13.0. The Morgan fingerprint density at radius 3 is 1.26 bits per heavy atom. The van der Waals surface area contributed by atoms with Crippen LogP contribution in [-0.2, 0) is 23.9 Å². The fourth-order valence-electron chi connectivity index (χ4n) is 3.42. The maximum atomic E-state index is 13.8. The van der Waals surface area contributed by atoms with Crippen molar-refractivity contribution in [3.05, 3.63) is 70.8 Å². The minimum atomic E-state index is -0.768. The van der Waals surface area contributed by atoms with Crippen LogP contribution in [0.3, 0.4) is 0 Å². The normalized spacial score (nSPS) is 11.6. The summed E-state index contributed by atoms with van der Waals surface area (Å²) < 4.78 is 10.8. The number of carbonyl (C=O) groups is 3. The van der Waals surface area contributed by atoms with E-state index in [4.69, 9.17) is 9.47 Å². The number of unbranched alkanes of at least 4 members (excludes halogenated alkanes) is 2. The first kappa shape index (κ1) is 30.4.